The van der Waals surface area contributed by atoms with Crippen LogP contribution in [0.5, 0.6) is 0 Å². The molecule has 0 radical (unpaired) electrons. The number of benzene rings is 1. The molecule has 0 bridgehead atoms. The summed E-state index contributed by atoms with van der Waals surface area (Å²) >= 11 is 0. The highest BCUT2D eigenvalue weighted by Crippen LogP contribution is 2.22. The van der Waals surface area contributed by atoms with E-state index in [0.29, 0.717) is 25.6 Å². The van der Waals surface area contributed by atoms with Crippen LogP contribution in [0.25, 0.3) is 11.6 Å². The molecule has 156 valence electrons. The number of rotatable bonds is 5. The maximum atomic E-state index is 12.9. The summed E-state index contributed by atoms with van der Waals surface area (Å²) in [6, 6.07) is 13.1. The molecule has 2 heterocycles. The Kier molecular flexibility index (Phi) is 6.72. The van der Waals surface area contributed by atoms with E-state index in [1.54, 1.807) is 17.0 Å². The SMILES string of the molecule is CC(F)(F)C(=O)Nc1ccc(/C=C/C(=O)N2CCC=C(c3ccccc3)CC2)cn1. The number of hydrogen-bond donors (Lipinski definition) is 1. The molecule has 1 aromatic carbocycles. The molecule has 0 aliphatic carbocycles. The molecule has 0 saturated carbocycles. The molecular formula is C23H23F2N3O2. The fourth-order valence-electron chi connectivity index (χ4n) is 3.08. The average molecular weight is 411 g/mol. The van der Waals surface area contributed by atoms with Crippen LogP contribution in [0.1, 0.15) is 30.9 Å². The summed E-state index contributed by atoms with van der Waals surface area (Å²) in [5.74, 6) is -4.97. The molecule has 0 spiro atoms. The first kappa shape index (κ1) is 21.4. The van der Waals surface area contributed by atoms with Gasteiger partial charge in [0.05, 0.1) is 0 Å². The maximum Gasteiger partial charge on any atom is 0.322 e. The highest BCUT2D eigenvalue weighted by Gasteiger charge is 2.32. The number of hydrogen-bond acceptors (Lipinski definition) is 3. The van der Waals surface area contributed by atoms with Crippen molar-refractivity contribution in [3.8, 4) is 0 Å². The Morgan fingerprint density at radius 3 is 2.57 bits per heavy atom. The third kappa shape index (κ3) is 5.83. The Morgan fingerprint density at radius 1 is 1.13 bits per heavy atom. The van der Waals surface area contributed by atoms with E-state index in [2.05, 4.69) is 23.2 Å². The molecule has 1 aliphatic heterocycles. The van der Waals surface area contributed by atoms with Crippen LogP contribution in [0.15, 0.2) is 60.8 Å². The molecule has 0 unspecified atom stereocenters. The standard InChI is InChI=1S/C23H23F2N3O2/c1-23(24,25)22(30)27-20-11-9-17(16-26-20)10-12-21(29)28-14-5-8-19(13-15-28)18-6-3-2-4-7-18/h2-4,6-12,16H,5,13-15H2,1H3,(H,26,27,30)/b12-10+. The van der Waals surface area contributed by atoms with E-state index in [1.807, 2.05) is 23.5 Å². The van der Waals surface area contributed by atoms with Gasteiger partial charge in [-0.05, 0) is 47.8 Å². The number of pyridine rings is 1. The Balaban J connectivity index is 1.55. The Bertz CT molecular complexity index is 949. The number of carbonyl (C=O) groups excluding carboxylic acids is 2. The summed E-state index contributed by atoms with van der Waals surface area (Å²) in [7, 11) is 0. The average Bonchev–Trinajstić information content (AvgIpc) is 2.99. The number of nitrogens with zero attached hydrogens (tertiary/aromatic N) is 2. The zero-order chi connectivity index (χ0) is 21.6. The smallest absolute Gasteiger partial charge is 0.322 e. The highest BCUT2D eigenvalue weighted by atomic mass is 19.3. The van der Waals surface area contributed by atoms with Crippen LogP contribution in [0.3, 0.4) is 0 Å². The van der Waals surface area contributed by atoms with Crippen LogP contribution in [0, 0.1) is 0 Å². The predicted octanol–water partition coefficient (Wildman–Crippen LogP) is 4.39. The molecule has 1 aliphatic rings. The number of amides is 2. The maximum absolute atomic E-state index is 12.9. The van der Waals surface area contributed by atoms with Crippen molar-refractivity contribution in [2.24, 2.45) is 0 Å². The van der Waals surface area contributed by atoms with Crippen LogP contribution in [-0.4, -0.2) is 40.7 Å². The van der Waals surface area contributed by atoms with Gasteiger partial charge in [0.1, 0.15) is 5.82 Å². The largest absolute Gasteiger partial charge is 0.339 e. The van der Waals surface area contributed by atoms with E-state index >= 15 is 0 Å². The summed E-state index contributed by atoms with van der Waals surface area (Å²) < 4.78 is 25.8. The number of carbonyl (C=O) groups is 2. The summed E-state index contributed by atoms with van der Waals surface area (Å²) in [4.78, 5) is 29.6. The van der Waals surface area contributed by atoms with Gasteiger partial charge >= 0.3 is 5.92 Å². The quantitative estimate of drug-likeness (QED) is 0.742. The van der Waals surface area contributed by atoms with E-state index in [9.17, 15) is 18.4 Å². The summed E-state index contributed by atoms with van der Waals surface area (Å²) in [6.45, 7) is 1.80. The monoisotopic (exact) mass is 411 g/mol. The van der Waals surface area contributed by atoms with Crippen molar-refractivity contribution in [1.82, 2.24) is 9.88 Å². The third-order valence-corrected chi connectivity index (χ3v) is 4.74. The first-order valence-corrected chi connectivity index (χ1v) is 9.70. The van der Waals surface area contributed by atoms with Gasteiger partial charge in [-0.15, -0.1) is 0 Å². The van der Waals surface area contributed by atoms with Crippen LogP contribution in [0.4, 0.5) is 14.6 Å². The summed E-state index contributed by atoms with van der Waals surface area (Å²) in [6.07, 6.45) is 8.27. The van der Waals surface area contributed by atoms with Crippen LogP contribution in [0.2, 0.25) is 0 Å². The minimum atomic E-state index is -3.48. The number of aromatic nitrogens is 1. The van der Waals surface area contributed by atoms with E-state index in [-0.39, 0.29) is 11.7 Å². The second-order valence-electron chi connectivity index (χ2n) is 7.11. The number of nitrogens with one attached hydrogen (secondary N) is 1. The van der Waals surface area contributed by atoms with E-state index in [0.717, 1.165) is 12.8 Å². The van der Waals surface area contributed by atoms with Crippen molar-refractivity contribution in [2.45, 2.75) is 25.7 Å². The van der Waals surface area contributed by atoms with Crippen LogP contribution in [-0.2, 0) is 9.59 Å². The lowest BCUT2D eigenvalue weighted by Crippen LogP contribution is -2.31. The Morgan fingerprint density at radius 2 is 1.90 bits per heavy atom. The molecule has 0 fully saturated rings. The molecule has 30 heavy (non-hydrogen) atoms. The first-order chi connectivity index (χ1) is 14.3. The summed E-state index contributed by atoms with van der Waals surface area (Å²) in [5.41, 5.74) is 3.05. The van der Waals surface area contributed by atoms with Crippen molar-refractivity contribution >= 4 is 29.3 Å². The van der Waals surface area contributed by atoms with Crippen molar-refractivity contribution in [2.75, 3.05) is 18.4 Å². The molecule has 1 N–H and O–H groups in total. The van der Waals surface area contributed by atoms with Crippen molar-refractivity contribution < 1.29 is 18.4 Å². The lowest BCUT2D eigenvalue weighted by Gasteiger charge is -2.18. The predicted molar refractivity (Wildman–Crippen MR) is 113 cm³/mol. The van der Waals surface area contributed by atoms with Crippen LogP contribution < -0.4 is 5.32 Å². The van der Waals surface area contributed by atoms with E-state index in [1.165, 1.54) is 29.5 Å². The zero-order valence-electron chi connectivity index (χ0n) is 16.6. The molecule has 7 heteroatoms. The Hall–Kier alpha value is -3.35. The lowest BCUT2D eigenvalue weighted by molar-refractivity contribution is -0.137. The molecular weight excluding hydrogens is 388 g/mol. The molecule has 0 saturated heterocycles. The summed E-state index contributed by atoms with van der Waals surface area (Å²) in [5, 5.41) is 2.05. The topological polar surface area (TPSA) is 62.3 Å². The van der Waals surface area contributed by atoms with Gasteiger partial charge in [0.2, 0.25) is 5.91 Å². The molecule has 1 aromatic heterocycles. The number of halogens is 2. The van der Waals surface area contributed by atoms with Gasteiger partial charge in [0.25, 0.3) is 5.91 Å². The van der Waals surface area contributed by atoms with Gasteiger partial charge in [0, 0.05) is 32.3 Å². The molecule has 2 amide bonds. The van der Waals surface area contributed by atoms with Gasteiger partial charge in [-0.1, -0.05) is 36.4 Å². The zero-order valence-corrected chi connectivity index (χ0v) is 16.6. The van der Waals surface area contributed by atoms with Crippen molar-refractivity contribution in [1.29, 1.82) is 0 Å². The number of anilines is 1. The Labute approximate surface area is 174 Å². The van der Waals surface area contributed by atoms with Crippen LogP contribution >= 0.6 is 0 Å². The fraction of sp³-hybridized carbons (Fsp3) is 0.261. The third-order valence-electron chi connectivity index (χ3n) is 4.74. The normalized spacial score (nSPS) is 14.9. The van der Waals surface area contributed by atoms with Gasteiger partial charge in [-0.25, -0.2) is 4.98 Å². The van der Waals surface area contributed by atoms with E-state index < -0.39 is 11.8 Å². The minimum absolute atomic E-state index is 0.0250. The van der Waals surface area contributed by atoms with Gasteiger partial charge in [-0.3, -0.25) is 9.59 Å². The van der Waals surface area contributed by atoms with E-state index in [4.69, 9.17) is 0 Å². The lowest BCUT2D eigenvalue weighted by atomic mass is 10.0. The molecule has 0 atom stereocenters. The van der Waals surface area contributed by atoms with Gasteiger partial charge < -0.3 is 10.2 Å². The molecule has 3 rings (SSSR count). The minimum Gasteiger partial charge on any atom is -0.339 e. The highest BCUT2D eigenvalue weighted by molar-refractivity contribution is 5.95. The van der Waals surface area contributed by atoms with Gasteiger partial charge in [0.15, 0.2) is 0 Å². The van der Waals surface area contributed by atoms with Crippen molar-refractivity contribution in [3.05, 3.63) is 71.9 Å². The molecule has 5 nitrogen and oxygen atoms in total. The second kappa shape index (κ2) is 9.43. The number of alkyl halides is 2. The first-order valence-electron chi connectivity index (χ1n) is 9.70. The fourth-order valence-corrected chi connectivity index (χ4v) is 3.08. The molecule has 2 aromatic rings. The van der Waals surface area contributed by atoms with Gasteiger partial charge in [-0.2, -0.15) is 8.78 Å². The van der Waals surface area contributed by atoms with Crippen molar-refractivity contribution in [3.63, 3.8) is 0 Å². The second-order valence-corrected chi connectivity index (χ2v) is 7.11.